The Labute approximate surface area is 50.1 Å². The Morgan fingerprint density at radius 3 is 2.67 bits per heavy atom. The molecule has 0 aromatic heterocycles. The van der Waals surface area contributed by atoms with Gasteiger partial charge in [-0.1, -0.05) is 0 Å². The van der Waals surface area contributed by atoms with E-state index in [1.165, 1.54) is 0 Å². The first kappa shape index (κ1) is 5.74. The van der Waals surface area contributed by atoms with Gasteiger partial charge >= 0.3 is 11.7 Å². The van der Waals surface area contributed by atoms with Gasteiger partial charge < -0.3 is 4.74 Å². The Morgan fingerprint density at radius 1 is 1.78 bits per heavy atom. The minimum atomic E-state index is -0.847. The Kier molecular flexibility index (Phi) is 1.18. The molecule has 0 bridgehead atoms. The lowest BCUT2D eigenvalue weighted by molar-refractivity contribution is -0.419. The molecule has 5 nitrogen and oxygen atoms in total. The summed E-state index contributed by atoms with van der Waals surface area (Å²) >= 11 is 0. The molecule has 0 aromatic rings. The molecule has 1 aliphatic heterocycles. The highest BCUT2D eigenvalue weighted by atomic mass is 16.6. The second-order valence-corrected chi connectivity index (χ2v) is 1.44. The van der Waals surface area contributed by atoms with Crippen LogP contribution in [0.25, 0.3) is 0 Å². The summed E-state index contributed by atoms with van der Waals surface area (Å²) in [6, 6.07) is 0. The third-order valence-corrected chi connectivity index (χ3v) is 0.897. The van der Waals surface area contributed by atoms with E-state index in [0.29, 0.717) is 0 Å². The summed E-state index contributed by atoms with van der Waals surface area (Å²) in [7, 11) is 0. The lowest BCUT2D eigenvalue weighted by Gasteiger charge is -1.85. The van der Waals surface area contributed by atoms with Gasteiger partial charge in [-0.05, 0) is 0 Å². The molecular weight excluding hydrogens is 126 g/mol. The minimum Gasteiger partial charge on any atom is -0.453 e. The molecule has 48 valence electrons. The van der Waals surface area contributed by atoms with E-state index < -0.39 is 16.6 Å². The van der Waals surface area contributed by atoms with E-state index in [4.69, 9.17) is 0 Å². The molecule has 0 saturated heterocycles. The van der Waals surface area contributed by atoms with Gasteiger partial charge in [-0.2, -0.15) is 0 Å². The van der Waals surface area contributed by atoms with E-state index in [-0.39, 0.29) is 6.61 Å². The Balaban J connectivity index is 2.80. The van der Waals surface area contributed by atoms with E-state index in [1.807, 2.05) is 0 Å². The number of esters is 1. The fourth-order valence-corrected chi connectivity index (χ4v) is 0.503. The second-order valence-electron chi connectivity index (χ2n) is 1.44. The first-order valence-electron chi connectivity index (χ1n) is 2.23. The van der Waals surface area contributed by atoms with Crippen molar-refractivity contribution in [2.45, 2.75) is 0 Å². The predicted molar refractivity (Wildman–Crippen MR) is 26.0 cm³/mol. The van der Waals surface area contributed by atoms with E-state index in [0.717, 1.165) is 6.08 Å². The number of carbonyl (C=O) groups is 1. The molecule has 1 rings (SSSR count). The highest BCUT2D eigenvalue weighted by molar-refractivity contribution is 5.87. The van der Waals surface area contributed by atoms with E-state index >= 15 is 0 Å². The molecule has 5 heteroatoms. The molecule has 0 amide bonds. The van der Waals surface area contributed by atoms with Crippen molar-refractivity contribution >= 4 is 5.97 Å². The molecule has 0 aliphatic carbocycles. The first-order valence-corrected chi connectivity index (χ1v) is 2.23. The summed E-state index contributed by atoms with van der Waals surface area (Å²) in [6.07, 6.45) is 1.14. The summed E-state index contributed by atoms with van der Waals surface area (Å²) in [5, 5.41) is 9.85. The number of hydrogen-bond acceptors (Lipinski definition) is 4. The van der Waals surface area contributed by atoms with Gasteiger partial charge in [0.25, 0.3) is 0 Å². The van der Waals surface area contributed by atoms with Crippen LogP contribution in [-0.2, 0) is 9.53 Å². The normalized spacial score (nSPS) is 16.9. The van der Waals surface area contributed by atoms with Crippen molar-refractivity contribution < 1.29 is 14.5 Å². The number of cyclic esters (lactones) is 1. The third-order valence-electron chi connectivity index (χ3n) is 0.897. The van der Waals surface area contributed by atoms with Gasteiger partial charge in [0, 0.05) is 6.08 Å². The van der Waals surface area contributed by atoms with Crippen molar-refractivity contribution in [1.29, 1.82) is 0 Å². The Hall–Kier alpha value is -1.39. The van der Waals surface area contributed by atoms with Crippen molar-refractivity contribution in [2.75, 3.05) is 6.61 Å². The fourth-order valence-electron chi connectivity index (χ4n) is 0.503. The van der Waals surface area contributed by atoms with Crippen molar-refractivity contribution in [3.05, 3.63) is 21.9 Å². The molecular formula is C4H3NO4. The van der Waals surface area contributed by atoms with Crippen LogP contribution in [-0.4, -0.2) is 17.5 Å². The summed E-state index contributed by atoms with van der Waals surface area (Å²) in [5.74, 6) is -0.847. The van der Waals surface area contributed by atoms with Crippen molar-refractivity contribution in [3.63, 3.8) is 0 Å². The first-order chi connectivity index (χ1) is 4.22. The summed E-state index contributed by atoms with van der Waals surface area (Å²) < 4.78 is 4.25. The quantitative estimate of drug-likeness (QED) is 0.277. The fraction of sp³-hybridized carbons (Fsp3) is 0.250. The Morgan fingerprint density at radius 2 is 2.44 bits per heavy atom. The van der Waals surface area contributed by atoms with Crippen LogP contribution in [0.3, 0.4) is 0 Å². The zero-order chi connectivity index (χ0) is 6.85. The molecule has 0 radical (unpaired) electrons. The van der Waals surface area contributed by atoms with Gasteiger partial charge in [0.15, 0.2) is 0 Å². The Bertz CT molecular complexity index is 195. The van der Waals surface area contributed by atoms with Crippen LogP contribution in [0.1, 0.15) is 0 Å². The average molecular weight is 129 g/mol. The van der Waals surface area contributed by atoms with Gasteiger partial charge in [0.1, 0.15) is 6.61 Å². The molecule has 1 heterocycles. The number of nitrogens with zero attached hydrogens (tertiary/aromatic N) is 1. The van der Waals surface area contributed by atoms with Crippen molar-refractivity contribution in [3.8, 4) is 0 Å². The van der Waals surface area contributed by atoms with Crippen LogP contribution in [0, 0.1) is 10.1 Å². The molecule has 9 heavy (non-hydrogen) atoms. The monoisotopic (exact) mass is 129 g/mol. The number of nitro groups is 1. The smallest absolute Gasteiger partial charge is 0.409 e. The predicted octanol–water partition coefficient (Wildman–Crippen LogP) is -0.296. The molecule has 1 aliphatic rings. The molecule has 0 aromatic carbocycles. The summed E-state index contributed by atoms with van der Waals surface area (Å²) in [6.45, 7) is 0.0230. The largest absolute Gasteiger partial charge is 0.453 e. The third kappa shape index (κ3) is 0.883. The molecule has 0 N–H and O–H groups in total. The summed E-state index contributed by atoms with van der Waals surface area (Å²) in [4.78, 5) is 19.4. The van der Waals surface area contributed by atoms with E-state index in [9.17, 15) is 14.9 Å². The highest BCUT2D eigenvalue weighted by Crippen LogP contribution is 2.05. The van der Waals surface area contributed by atoms with Crippen LogP contribution in [0.5, 0.6) is 0 Å². The van der Waals surface area contributed by atoms with Crippen LogP contribution < -0.4 is 0 Å². The number of ether oxygens (including phenoxy) is 1. The van der Waals surface area contributed by atoms with Crippen LogP contribution in [0.2, 0.25) is 0 Å². The molecule has 0 saturated carbocycles. The van der Waals surface area contributed by atoms with Gasteiger partial charge in [0.2, 0.25) is 0 Å². The van der Waals surface area contributed by atoms with Gasteiger partial charge in [-0.25, -0.2) is 4.79 Å². The van der Waals surface area contributed by atoms with Gasteiger partial charge in [-0.15, -0.1) is 0 Å². The molecule has 0 fully saturated rings. The van der Waals surface area contributed by atoms with Crippen LogP contribution >= 0.6 is 0 Å². The minimum absolute atomic E-state index is 0.0230. The zero-order valence-electron chi connectivity index (χ0n) is 4.36. The maximum atomic E-state index is 10.3. The number of carbonyl (C=O) groups excluding carboxylic acids is 1. The molecule has 0 atom stereocenters. The van der Waals surface area contributed by atoms with E-state index in [1.54, 1.807) is 0 Å². The zero-order valence-corrected chi connectivity index (χ0v) is 4.36. The second kappa shape index (κ2) is 1.85. The lowest BCUT2D eigenvalue weighted by atomic mass is 10.5. The molecule has 0 spiro atoms. The van der Waals surface area contributed by atoms with Gasteiger partial charge in [0.05, 0.1) is 4.92 Å². The topological polar surface area (TPSA) is 69.4 Å². The lowest BCUT2D eigenvalue weighted by Crippen LogP contribution is -2.07. The summed E-state index contributed by atoms with van der Waals surface area (Å²) in [5.41, 5.74) is -0.463. The standard InChI is InChI=1S/C4H3NO4/c6-4-3(5(7)8)1-2-9-4/h1H,2H2. The van der Waals surface area contributed by atoms with Crippen molar-refractivity contribution in [2.24, 2.45) is 0 Å². The maximum Gasteiger partial charge on any atom is 0.409 e. The maximum absolute atomic E-state index is 10.3. The SMILES string of the molecule is O=C1OCC=C1[N+](=O)[O-]. The van der Waals surface area contributed by atoms with Crippen LogP contribution in [0.4, 0.5) is 0 Å². The van der Waals surface area contributed by atoms with Gasteiger partial charge in [-0.3, -0.25) is 10.1 Å². The van der Waals surface area contributed by atoms with E-state index in [2.05, 4.69) is 4.74 Å². The van der Waals surface area contributed by atoms with Crippen LogP contribution in [0.15, 0.2) is 11.8 Å². The average Bonchev–Trinajstić information content (AvgIpc) is 2.13. The molecule has 0 unspecified atom stereocenters. The van der Waals surface area contributed by atoms with Crippen molar-refractivity contribution in [1.82, 2.24) is 0 Å². The highest BCUT2D eigenvalue weighted by Gasteiger charge is 2.27. The number of rotatable bonds is 1. The number of hydrogen-bond donors (Lipinski definition) is 0.